The number of amides is 2. The lowest BCUT2D eigenvalue weighted by Crippen LogP contribution is -2.35. The molecule has 0 aliphatic carbocycles. The second kappa shape index (κ2) is 8.32. The third-order valence-corrected chi connectivity index (χ3v) is 5.17. The molecule has 1 aliphatic heterocycles. The first-order chi connectivity index (χ1) is 14.1. The van der Waals surface area contributed by atoms with Crippen LogP contribution in [0.3, 0.4) is 0 Å². The number of β-amino-alcohol motifs (C(OH)–C–C–N with tert-alkyl or cyclic N) is 1. The van der Waals surface area contributed by atoms with E-state index in [-0.39, 0.29) is 30.7 Å². The van der Waals surface area contributed by atoms with Crippen molar-refractivity contribution in [2.24, 2.45) is 5.92 Å². The molecule has 1 saturated heterocycles. The number of hydrogen-bond acceptors (Lipinski definition) is 4. The van der Waals surface area contributed by atoms with Crippen molar-refractivity contribution in [3.63, 3.8) is 0 Å². The summed E-state index contributed by atoms with van der Waals surface area (Å²) in [5, 5.41) is 19.7. The molecule has 4 rings (SSSR count). The van der Waals surface area contributed by atoms with Gasteiger partial charge < -0.3 is 19.9 Å². The highest BCUT2D eigenvalue weighted by Crippen LogP contribution is 2.20. The minimum absolute atomic E-state index is 0.120. The molecule has 29 heavy (non-hydrogen) atoms. The standard InChI is InChI=1S/C21H23N5O3/c27-19-14-26(13-17(19)12-22-20(28)8-15-10-23-24-11-15)21(29)16-4-3-5-18(9-16)25-6-1-2-7-25/h1-7,9-11,17,19,27H,8,12-14H2,(H,22,28)(H,23,24)/t17-,19+/m0/s1. The molecule has 2 aromatic heterocycles. The summed E-state index contributed by atoms with van der Waals surface area (Å²) in [6.07, 6.45) is 6.68. The number of aromatic nitrogens is 3. The van der Waals surface area contributed by atoms with Crippen LogP contribution in [-0.4, -0.2) is 62.3 Å². The zero-order valence-electron chi connectivity index (χ0n) is 15.9. The summed E-state index contributed by atoms with van der Waals surface area (Å²) in [4.78, 5) is 26.6. The van der Waals surface area contributed by atoms with Gasteiger partial charge in [0.1, 0.15) is 0 Å². The van der Waals surface area contributed by atoms with Crippen LogP contribution in [0.25, 0.3) is 5.69 Å². The maximum absolute atomic E-state index is 12.9. The maximum atomic E-state index is 12.9. The number of benzene rings is 1. The Morgan fingerprint density at radius 2 is 2.03 bits per heavy atom. The van der Waals surface area contributed by atoms with Crippen molar-refractivity contribution >= 4 is 11.8 Å². The first-order valence-corrected chi connectivity index (χ1v) is 9.55. The van der Waals surface area contributed by atoms with E-state index in [2.05, 4.69) is 15.5 Å². The van der Waals surface area contributed by atoms with E-state index in [0.29, 0.717) is 18.7 Å². The van der Waals surface area contributed by atoms with Gasteiger partial charge in [-0.1, -0.05) is 6.07 Å². The number of H-pyrrole nitrogens is 1. The van der Waals surface area contributed by atoms with E-state index in [4.69, 9.17) is 0 Å². The van der Waals surface area contributed by atoms with Gasteiger partial charge in [0.25, 0.3) is 5.91 Å². The van der Waals surface area contributed by atoms with Crippen molar-refractivity contribution in [3.05, 3.63) is 72.3 Å². The van der Waals surface area contributed by atoms with Gasteiger partial charge in [-0.05, 0) is 35.9 Å². The fourth-order valence-electron chi connectivity index (χ4n) is 3.58. The van der Waals surface area contributed by atoms with Gasteiger partial charge in [0.2, 0.25) is 5.91 Å². The molecule has 150 valence electrons. The molecule has 3 N–H and O–H groups in total. The molecule has 0 spiro atoms. The average molecular weight is 393 g/mol. The molecule has 3 heterocycles. The van der Waals surface area contributed by atoms with E-state index in [0.717, 1.165) is 11.3 Å². The Kier molecular flexibility index (Phi) is 5.44. The number of aromatic amines is 1. The molecule has 1 fully saturated rings. The highest BCUT2D eigenvalue weighted by molar-refractivity contribution is 5.95. The van der Waals surface area contributed by atoms with Gasteiger partial charge in [-0.2, -0.15) is 5.10 Å². The van der Waals surface area contributed by atoms with Crippen molar-refractivity contribution < 1.29 is 14.7 Å². The Labute approximate surface area is 168 Å². The Morgan fingerprint density at radius 1 is 1.21 bits per heavy atom. The van der Waals surface area contributed by atoms with Crippen LogP contribution < -0.4 is 5.32 Å². The second-order valence-corrected chi connectivity index (χ2v) is 7.27. The molecule has 2 amide bonds. The number of aliphatic hydroxyl groups excluding tert-OH is 1. The summed E-state index contributed by atoms with van der Waals surface area (Å²) in [5.74, 6) is -0.451. The fraction of sp³-hybridized carbons (Fsp3) is 0.286. The van der Waals surface area contributed by atoms with Crippen molar-refractivity contribution in [3.8, 4) is 5.69 Å². The average Bonchev–Trinajstić information content (AvgIpc) is 3.48. The first kappa shape index (κ1) is 18.9. The smallest absolute Gasteiger partial charge is 0.254 e. The number of hydrogen-bond donors (Lipinski definition) is 3. The Morgan fingerprint density at radius 3 is 2.79 bits per heavy atom. The summed E-state index contributed by atoms with van der Waals surface area (Å²) >= 11 is 0. The van der Waals surface area contributed by atoms with Crippen LogP contribution in [0.2, 0.25) is 0 Å². The Bertz CT molecular complexity index is 968. The molecule has 3 aromatic rings. The van der Waals surface area contributed by atoms with Crippen LogP contribution in [0.1, 0.15) is 15.9 Å². The van der Waals surface area contributed by atoms with Gasteiger partial charge in [-0.25, -0.2) is 0 Å². The van der Waals surface area contributed by atoms with Crippen LogP contribution in [0.5, 0.6) is 0 Å². The summed E-state index contributed by atoms with van der Waals surface area (Å²) < 4.78 is 1.94. The van der Waals surface area contributed by atoms with Gasteiger partial charge in [0, 0.05) is 55.4 Å². The van der Waals surface area contributed by atoms with Crippen LogP contribution in [0, 0.1) is 5.92 Å². The van der Waals surface area contributed by atoms with Gasteiger partial charge in [-0.15, -0.1) is 0 Å². The van der Waals surface area contributed by atoms with Crippen LogP contribution in [0.15, 0.2) is 61.2 Å². The Balaban J connectivity index is 1.35. The minimum Gasteiger partial charge on any atom is -0.391 e. The summed E-state index contributed by atoms with van der Waals surface area (Å²) in [5.41, 5.74) is 2.28. The number of carbonyl (C=O) groups excluding carboxylic acids is 2. The molecule has 8 nitrogen and oxygen atoms in total. The molecular weight excluding hydrogens is 370 g/mol. The Hall–Kier alpha value is -3.39. The summed E-state index contributed by atoms with van der Waals surface area (Å²) in [7, 11) is 0. The van der Waals surface area contributed by atoms with E-state index in [9.17, 15) is 14.7 Å². The lowest BCUT2D eigenvalue weighted by Gasteiger charge is -2.17. The molecule has 8 heteroatoms. The second-order valence-electron chi connectivity index (χ2n) is 7.27. The van der Waals surface area contributed by atoms with E-state index in [1.165, 1.54) is 0 Å². The molecular formula is C21H23N5O3. The van der Waals surface area contributed by atoms with Crippen LogP contribution in [0.4, 0.5) is 0 Å². The summed E-state index contributed by atoms with van der Waals surface area (Å²) in [6, 6.07) is 11.3. The number of aliphatic hydroxyl groups is 1. The number of carbonyl (C=O) groups is 2. The van der Waals surface area contributed by atoms with Crippen molar-refractivity contribution in [2.75, 3.05) is 19.6 Å². The minimum atomic E-state index is -0.666. The topological polar surface area (TPSA) is 103 Å². The van der Waals surface area contributed by atoms with E-state index in [1.54, 1.807) is 23.4 Å². The lowest BCUT2D eigenvalue weighted by molar-refractivity contribution is -0.120. The quantitative estimate of drug-likeness (QED) is 0.581. The number of nitrogens with one attached hydrogen (secondary N) is 2. The number of likely N-dealkylation sites (tertiary alicyclic amines) is 1. The lowest BCUT2D eigenvalue weighted by atomic mass is 10.1. The predicted molar refractivity (Wildman–Crippen MR) is 106 cm³/mol. The van der Waals surface area contributed by atoms with Crippen molar-refractivity contribution in [2.45, 2.75) is 12.5 Å². The molecule has 1 aliphatic rings. The van der Waals surface area contributed by atoms with Crippen LogP contribution in [-0.2, 0) is 11.2 Å². The normalized spacial score (nSPS) is 18.7. The van der Waals surface area contributed by atoms with E-state index >= 15 is 0 Å². The van der Waals surface area contributed by atoms with Crippen LogP contribution >= 0.6 is 0 Å². The zero-order valence-corrected chi connectivity index (χ0v) is 15.9. The molecule has 2 atom stereocenters. The van der Waals surface area contributed by atoms with Gasteiger partial charge >= 0.3 is 0 Å². The van der Waals surface area contributed by atoms with E-state index in [1.807, 2.05) is 47.3 Å². The zero-order chi connectivity index (χ0) is 20.2. The third kappa shape index (κ3) is 4.38. The molecule has 0 bridgehead atoms. The fourth-order valence-corrected chi connectivity index (χ4v) is 3.58. The van der Waals surface area contributed by atoms with Gasteiger partial charge in [0.15, 0.2) is 0 Å². The van der Waals surface area contributed by atoms with Gasteiger partial charge in [-0.3, -0.25) is 14.7 Å². The highest BCUT2D eigenvalue weighted by Gasteiger charge is 2.34. The number of rotatable bonds is 6. The molecule has 0 unspecified atom stereocenters. The summed E-state index contributed by atoms with van der Waals surface area (Å²) in [6.45, 7) is 0.986. The van der Waals surface area contributed by atoms with Crippen molar-refractivity contribution in [1.29, 1.82) is 0 Å². The SMILES string of the molecule is O=C(Cc1cn[nH]c1)NC[C@H]1CN(C(=O)c2cccc(-n3cccc3)c2)C[C@H]1O. The highest BCUT2D eigenvalue weighted by atomic mass is 16.3. The van der Waals surface area contributed by atoms with E-state index < -0.39 is 6.10 Å². The molecule has 0 radical (unpaired) electrons. The third-order valence-electron chi connectivity index (χ3n) is 5.17. The monoisotopic (exact) mass is 393 g/mol. The predicted octanol–water partition coefficient (Wildman–Crippen LogP) is 0.992. The molecule has 1 aromatic carbocycles. The maximum Gasteiger partial charge on any atom is 0.254 e. The molecule has 0 saturated carbocycles. The largest absolute Gasteiger partial charge is 0.391 e. The first-order valence-electron chi connectivity index (χ1n) is 9.55. The number of nitrogens with zero attached hydrogens (tertiary/aromatic N) is 3. The van der Waals surface area contributed by atoms with Gasteiger partial charge in [0.05, 0.1) is 18.7 Å². The van der Waals surface area contributed by atoms with Crippen molar-refractivity contribution in [1.82, 2.24) is 25.0 Å².